The van der Waals surface area contributed by atoms with E-state index in [0.717, 1.165) is 29.8 Å². The lowest BCUT2D eigenvalue weighted by Gasteiger charge is -2.26. The molecule has 0 aromatic heterocycles. The van der Waals surface area contributed by atoms with E-state index in [4.69, 9.17) is 16.3 Å². The minimum atomic E-state index is -0.668. The molecule has 162 valence electrons. The maximum atomic E-state index is 13.0. The maximum Gasteiger partial charge on any atom is 0.295 e. The van der Waals surface area contributed by atoms with Crippen LogP contribution < -0.4 is 4.74 Å². The normalized spacial score (nSPS) is 19.7. The van der Waals surface area contributed by atoms with Crippen LogP contribution in [0.3, 0.4) is 0 Å². The molecule has 0 saturated carbocycles. The number of ether oxygens (including phenoxy) is 1. The van der Waals surface area contributed by atoms with Gasteiger partial charge in [-0.25, -0.2) is 0 Å². The summed E-state index contributed by atoms with van der Waals surface area (Å²) in [5.41, 5.74) is 2.33. The summed E-state index contributed by atoms with van der Waals surface area (Å²) in [5, 5.41) is 11.7. The van der Waals surface area contributed by atoms with Gasteiger partial charge in [0.1, 0.15) is 11.5 Å². The monoisotopic (exact) mass is 440 g/mol. The molecular formula is C24H25ClN2O4. The number of likely N-dealkylation sites (tertiary alicyclic amines) is 1. The van der Waals surface area contributed by atoms with Crippen LogP contribution in [0.25, 0.3) is 5.76 Å². The third-order valence-corrected chi connectivity index (χ3v) is 5.94. The average Bonchev–Trinajstić information content (AvgIpc) is 3.31. The van der Waals surface area contributed by atoms with Gasteiger partial charge >= 0.3 is 0 Å². The molecule has 31 heavy (non-hydrogen) atoms. The third-order valence-electron chi connectivity index (χ3n) is 5.69. The van der Waals surface area contributed by atoms with Crippen molar-refractivity contribution in [1.82, 2.24) is 9.80 Å². The Balaban J connectivity index is 1.78. The van der Waals surface area contributed by atoms with Crippen LogP contribution in [-0.4, -0.2) is 60.4 Å². The van der Waals surface area contributed by atoms with E-state index in [1.165, 1.54) is 0 Å². The van der Waals surface area contributed by atoms with Crippen molar-refractivity contribution in [3.8, 4) is 5.75 Å². The van der Waals surface area contributed by atoms with Gasteiger partial charge in [0.05, 0.1) is 18.2 Å². The van der Waals surface area contributed by atoms with Crippen molar-refractivity contribution in [1.29, 1.82) is 0 Å². The van der Waals surface area contributed by atoms with E-state index in [1.807, 2.05) is 25.1 Å². The highest BCUT2D eigenvalue weighted by molar-refractivity contribution is 6.46. The van der Waals surface area contributed by atoms with Gasteiger partial charge in [0.25, 0.3) is 11.7 Å². The van der Waals surface area contributed by atoms with Crippen molar-refractivity contribution in [2.45, 2.75) is 18.9 Å². The lowest BCUT2D eigenvalue weighted by molar-refractivity contribution is -0.139. The molecular weight excluding hydrogens is 416 g/mol. The molecule has 1 atom stereocenters. The number of amides is 1. The van der Waals surface area contributed by atoms with E-state index in [-0.39, 0.29) is 11.3 Å². The van der Waals surface area contributed by atoms with Crippen LogP contribution in [0.4, 0.5) is 0 Å². The molecule has 0 spiro atoms. The van der Waals surface area contributed by atoms with Crippen molar-refractivity contribution in [2.24, 2.45) is 0 Å². The van der Waals surface area contributed by atoms with Gasteiger partial charge in [-0.15, -0.1) is 0 Å². The molecule has 1 N–H and O–H groups in total. The zero-order valence-corrected chi connectivity index (χ0v) is 18.4. The summed E-state index contributed by atoms with van der Waals surface area (Å²) >= 11 is 6.05. The minimum Gasteiger partial charge on any atom is -0.507 e. The van der Waals surface area contributed by atoms with Crippen LogP contribution in [0.2, 0.25) is 5.02 Å². The number of aliphatic hydroxyl groups is 1. The highest BCUT2D eigenvalue weighted by Gasteiger charge is 2.45. The second-order valence-corrected chi connectivity index (χ2v) is 8.56. The quantitative estimate of drug-likeness (QED) is 0.422. The highest BCUT2D eigenvalue weighted by Crippen LogP contribution is 2.40. The lowest BCUT2D eigenvalue weighted by atomic mass is 9.94. The van der Waals surface area contributed by atoms with Gasteiger partial charge in [0.15, 0.2) is 0 Å². The Bertz CT molecular complexity index is 1050. The fourth-order valence-electron chi connectivity index (χ4n) is 4.15. The number of halogens is 1. The van der Waals surface area contributed by atoms with Crippen LogP contribution in [0.15, 0.2) is 48.0 Å². The van der Waals surface area contributed by atoms with Gasteiger partial charge in [-0.1, -0.05) is 23.7 Å². The third kappa shape index (κ3) is 4.18. The second-order valence-electron chi connectivity index (χ2n) is 8.12. The molecule has 2 aliphatic rings. The molecule has 2 aromatic carbocycles. The number of benzene rings is 2. The molecule has 2 heterocycles. The van der Waals surface area contributed by atoms with Gasteiger partial charge in [-0.2, -0.15) is 0 Å². The van der Waals surface area contributed by atoms with E-state index in [9.17, 15) is 14.7 Å². The molecule has 1 amide bonds. The number of carbonyl (C=O) groups excluding carboxylic acids is 2. The Morgan fingerprint density at radius 1 is 1.19 bits per heavy atom. The van der Waals surface area contributed by atoms with Crippen LogP contribution in [0.1, 0.15) is 29.2 Å². The number of carbonyl (C=O) groups is 2. The molecule has 0 aliphatic carbocycles. The highest BCUT2D eigenvalue weighted by atomic mass is 35.5. The Morgan fingerprint density at radius 3 is 2.65 bits per heavy atom. The van der Waals surface area contributed by atoms with Gasteiger partial charge in [-0.05, 0) is 68.5 Å². The second kappa shape index (κ2) is 8.73. The molecule has 4 rings (SSSR count). The molecule has 1 unspecified atom stereocenters. The Labute approximate surface area is 186 Å². The molecule has 2 aromatic rings. The Kier molecular flexibility index (Phi) is 6.03. The number of fused-ring (bicyclic) bond motifs is 1. The standard InChI is InChI=1S/C24H25ClN2O4/c1-26(2)11-3-12-27-21(15-4-7-18(25)8-5-15)20(23(29)24(27)30)22(28)17-6-9-19-16(14-17)10-13-31-19/h4-9,14,21,28H,3,10-13H2,1-2H3/b22-20-. The zero-order chi connectivity index (χ0) is 22.1. The van der Waals surface area contributed by atoms with E-state index in [0.29, 0.717) is 30.2 Å². The lowest BCUT2D eigenvalue weighted by Crippen LogP contribution is -2.32. The molecule has 1 saturated heterocycles. The van der Waals surface area contributed by atoms with Crippen LogP contribution in [0.5, 0.6) is 5.75 Å². The van der Waals surface area contributed by atoms with E-state index in [1.54, 1.807) is 41.3 Å². The van der Waals surface area contributed by atoms with Gasteiger partial charge in [-0.3, -0.25) is 9.59 Å². The molecule has 0 radical (unpaired) electrons. The van der Waals surface area contributed by atoms with Crippen molar-refractivity contribution in [2.75, 3.05) is 33.8 Å². The van der Waals surface area contributed by atoms with E-state index >= 15 is 0 Å². The smallest absolute Gasteiger partial charge is 0.295 e. The predicted molar refractivity (Wildman–Crippen MR) is 119 cm³/mol. The average molecular weight is 441 g/mol. The number of nitrogens with zero attached hydrogens (tertiary/aromatic N) is 2. The van der Waals surface area contributed by atoms with E-state index < -0.39 is 17.7 Å². The largest absolute Gasteiger partial charge is 0.507 e. The first-order valence-electron chi connectivity index (χ1n) is 10.3. The maximum absolute atomic E-state index is 13.0. The number of Topliss-reactive ketones (excluding diaryl/α,β-unsaturated/α-hetero) is 1. The first-order chi connectivity index (χ1) is 14.9. The van der Waals surface area contributed by atoms with E-state index in [2.05, 4.69) is 0 Å². The predicted octanol–water partition coefficient (Wildman–Crippen LogP) is 3.65. The first-order valence-corrected chi connectivity index (χ1v) is 10.7. The SMILES string of the molecule is CN(C)CCCN1C(=O)C(=O)/C(=C(\O)c2ccc3c(c2)CCO3)C1c1ccc(Cl)cc1. The Hall–Kier alpha value is -2.83. The topological polar surface area (TPSA) is 70.1 Å². The first kappa shape index (κ1) is 21.4. The van der Waals surface area contributed by atoms with Crippen LogP contribution in [-0.2, 0) is 16.0 Å². The van der Waals surface area contributed by atoms with Crippen molar-refractivity contribution in [3.63, 3.8) is 0 Å². The van der Waals surface area contributed by atoms with Crippen LogP contribution >= 0.6 is 11.6 Å². The summed E-state index contributed by atoms with van der Waals surface area (Å²) in [6, 6.07) is 11.7. The van der Waals surface area contributed by atoms with Crippen molar-refractivity contribution < 1.29 is 19.4 Å². The summed E-state index contributed by atoms with van der Waals surface area (Å²) in [7, 11) is 3.92. The van der Waals surface area contributed by atoms with Crippen molar-refractivity contribution in [3.05, 3.63) is 69.8 Å². The number of hydrogen-bond donors (Lipinski definition) is 1. The number of ketones is 1. The fourth-order valence-corrected chi connectivity index (χ4v) is 4.27. The minimum absolute atomic E-state index is 0.107. The van der Waals surface area contributed by atoms with Gasteiger partial charge < -0.3 is 19.6 Å². The van der Waals surface area contributed by atoms with Gasteiger partial charge in [0, 0.05) is 23.6 Å². The summed E-state index contributed by atoms with van der Waals surface area (Å²) in [5.74, 6) is -0.637. The molecule has 6 nitrogen and oxygen atoms in total. The van der Waals surface area contributed by atoms with Crippen molar-refractivity contribution >= 4 is 29.1 Å². The summed E-state index contributed by atoms with van der Waals surface area (Å²) in [6.07, 6.45) is 1.45. The summed E-state index contributed by atoms with van der Waals surface area (Å²) in [6.45, 7) is 1.78. The zero-order valence-electron chi connectivity index (χ0n) is 17.6. The summed E-state index contributed by atoms with van der Waals surface area (Å²) in [4.78, 5) is 29.6. The fraction of sp³-hybridized carbons (Fsp3) is 0.333. The number of hydrogen-bond acceptors (Lipinski definition) is 5. The molecule has 1 fully saturated rings. The molecule has 0 bridgehead atoms. The van der Waals surface area contributed by atoms with Gasteiger partial charge in [0.2, 0.25) is 0 Å². The summed E-state index contributed by atoms with van der Waals surface area (Å²) < 4.78 is 5.54. The Morgan fingerprint density at radius 2 is 1.94 bits per heavy atom. The number of aliphatic hydroxyl groups excluding tert-OH is 1. The molecule has 2 aliphatic heterocycles. The van der Waals surface area contributed by atoms with Crippen LogP contribution in [0, 0.1) is 0 Å². The number of rotatable bonds is 6. The molecule has 7 heteroatoms.